The molecule has 1 aliphatic rings. The number of benzene rings is 1. The average molecular weight is 333 g/mol. The van der Waals surface area contributed by atoms with Gasteiger partial charge in [0.25, 0.3) is 0 Å². The van der Waals surface area contributed by atoms with E-state index in [0.29, 0.717) is 18.0 Å². The highest BCUT2D eigenvalue weighted by Gasteiger charge is 2.34. The van der Waals surface area contributed by atoms with Gasteiger partial charge < -0.3 is 14.6 Å². The van der Waals surface area contributed by atoms with E-state index in [1.54, 1.807) is 6.82 Å². The molecule has 2 aromatic rings. The number of alkyl halides is 1. The van der Waals surface area contributed by atoms with E-state index < -0.39 is 13.0 Å². The van der Waals surface area contributed by atoms with Crippen LogP contribution in [0.4, 0.5) is 5.69 Å². The Balaban J connectivity index is 2.30. The summed E-state index contributed by atoms with van der Waals surface area (Å²) >= 11 is 6.15. The van der Waals surface area contributed by atoms with Gasteiger partial charge in [-0.2, -0.15) is 0 Å². The molecule has 0 saturated heterocycles. The van der Waals surface area contributed by atoms with Gasteiger partial charge in [-0.1, -0.05) is 0 Å². The molecule has 0 radical (unpaired) electrons. The van der Waals surface area contributed by atoms with E-state index in [2.05, 4.69) is 4.98 Å². The zero-order valence-electron chi connectivity index (χ0n) is 13.3. The second-order valence-corrected chi connectivity index (χ2v) is 6.18. The third-order valence-electron chi connectivity index (χ3n) is 4.37. The number of aryl methyl sites for hydroxylation is 1. The minimum atomic E-state index is -0.601. The Labute approximate surface area is 140 Å². The fourth-order valence-corrected chi connectivity index (χ4v) is 3.53. The fraction of sp³-hybridized carbons (Fsp3) is 0.375. The smallest absolute Gasteiger partial charge is 0.409 e. The first-order chi connectivity index (χ1) is 11.0. The van der Waals surface area contributed by atoms with Crippen molar-refractivity contribution < 1.29 is 14.6 Å². The topological polar surface area (TPSA) is 62.7 Å². The first kappa shape index (κ1) is 16.1. The molecule has 23 heavy (non-hydrogen) atoms. The average Bonchev–Trinajstić information content (AvgIpc) is 2.92. The Morgan fingerprint density at radius 2 is 2.30 bits per heavy atom. The van der Waals surface area contributed by atoms with Crippen LogP contribution in [0.15, 0.2) is 18.3 Å². The first-order valence-corrected chi connectivity index (χ1v) is 8.03. The van der Waals surface area contributed by atoms with Crippen LogP contribution in [-0.4, -0.2) is 42.6 Å². The predicted octanol–water partition coefficient (Wildman–Crippen LogP) is 2.58. The Hall–Kier alpha value is -1.79. The number of rotatable bonds is 3. The lowest BCUT2D eigenvalue weighted by atomic mass is 9.85. The summed E-state index contributed by atoms with van der Waals surface area (Å²) in [5, 5.41) is 10.9. The van der Waals surface area contributed by atoms with Crippen molar-refractivity contribution in [1.82, 2.24) is 4.98 Å². The second-order valence-electron chi connectivity index (χ2n) is 5.87. The van der Waals surface area contributed by atoms with Crippen molar-refractivity contribution in [2.45, 2.75) is 19.7 Å². The number of ether oxygens (including phenoxy) is 1. The third-order valence-corrected chi connectivity index (χ3v) is 4.75. The monoisotopic (exact) mass is 332 g/mol. The van der Waals surface area contributed by atoms with Gasteiger partial charge in [-0.3, -0.25) is 4.98 Å². The van der Waals surface area contributed by atoms with Crippen LogP contribution in [0, 0.1) is 6.92 Å². The van der Waals surface area contributed by atoms with Crippen LogP contribution in [0.25, 0.3) is 10.9 Å². The lowest BCUT2D eigenvalue weighted by Crippen LogP contribution is -2.36. The standard InChI is InChI=1S/C16H18BClN2O3/c1-9-4-13-14(11(6-18)8-20(13)17(2)22)12-5-10(16(21)23-3)7-19-15(9)12/h4-5,7,11,22H,6,8H2,1-3H3. The van der Waals surface area contributed by atoms with Crippen molar-refractivity contribution in [3.8, 4) is 0 Å². The first-order valence-electron chi connectivity index (χ1n) is 7.50. The summed E-state index contributed by atoms with van der Waals surface area (Å²) in [5.74, 6) is 0.109. The number of hydrogen-bond donors (Lipinski definition) is 1. The minimum Gasteiger partial charge on any atom is -0.465 e. The van der Waals surface area contributed by atoms with Crippen molar-refractivity contribution in [3.05, 3.63) is 35.0 Å². The molecule has 1 unspecified atom stereocenters. The highest BCUT2D eigenvalue weighted by Crippen LogP contribution is 2.43. The molecule has 0 fully saturated rings. The molecule has 120 valence electrons. The molecule has 0 saturated carbocycles. The number of carbonyl (C=O) groups is 1. The summed E-state index contributed by atoms with van der Waals surface area (Å²) in [6.07, 6.45) is 1.53. The van der Waals surface area contributed by atoms with Gasteiger partial charge in [0.15, 0.2) is 0 Å². The fourth-order valence-electron chi connectivity index (χ4n) is 3.28. The van der Waals surface area contributed by atoms with E-state index in [9.17, 15) is 9.82 Å². The molecule has 1 aromatic carbocycles. The van der Waals surface area contributed by atoms with Gasteiger partial charge in [0, 0.05) is 35.6 Å². The number of aromatic nitrogens is 1. The summed E-state index contributed by atoms with van der Waals surface area (Å²) in [5.41, 5.74) is 4.26. The van der Waals surface area contributed by atoms with Gasteiger partial charge >= 0.3 is 13.0 Å². The molecule has 0 aliphatic carbocycles. The van der Waals surface area contributed by atoms with Gasteiger partial charge in [-0.25, -0.2) is 4.79 Å². The number of fused-ring (bicyclic) bond motifs is 3. The number of esters is 1. The van der Waals surface area contributed by atoms with Gasteiger partial charge in [0.05, 0.1) is 18.2 Å². The molecule has 7 heteroatoms. The molecule has 3 rings (SSSR count). The molecular formula is C16H18BClN2O3. The van der Waals surface area contributed by atoms with Gasteiger partial charge in [0.1, 0.15) is 0 Å². The maximum absolute atomic E-state index is 11.8. The zero-order chi connectivity index (χ0) is 16.7. The summed E-state index contributed by atoms with van der Waals surface area (Å²) in [6.45, 7) is 4.36. The Kier molecular flexibility index (Phi) is 4.21. The summed E-state index contributed by atoms with van der Waals surface area (Å²) in [6, 6.07) is 3.84. The minimum absolute atomic E-state index is 0.0825. The number of nitrogens with zero attached hydrogens (tertiary/aromatic N) is 2. The maximum atomic E-state index is 11.8. The molecular weight excluding hydrogens is 314 g/mol. The van der Waals surface area contributed by atoms with E-state index in [1.807, 2.05) is 23.9 Å². The number of methoxy groups -OCH3 is 1. The third kappa shape index (κ3) is 2.56. The number of pyridine rings is 1. The highest BCUT2D eigenvalue weighted by molar-refractivity contribution is 6.54. The quantitative estimate of drug-likeness (QED) is 0.532. The lowest BCUT2D eigenvalue weighted by Gasteiger charge is -2.21. The molecule has 0 spiro atoms. The lowest BCUT2D eigenvalue weighted by molar-refractivity contribution is 0.0600. The number of anilines is 1. The summed E-state index contributed by atoms with van der Waals surface area (Å²) < 4.78 is 4.79. The van der Waals surface area contributed by atoms with E-state index in [1.165, 1.54) is 13.3 Å². The molecule has 5 nitrogen and oxygen atoms in total. The largest absolute Gasteiger partial charge is 0.465 e. The second kappa shape index (κ2) is 6.02. The van der Waals surface area contributed by atoms with Crippen LogP contribution in [-0.2, 0) is 4.74 Å². The van der Waals surface area contributed by atoms with Gasteiger partial charge in [-0.05, 0) is 37.0 Å². The van der Waals surface area contributed by atoms with Crippen LogP contribution in [0.3, 0.4) is 0 Å². The molecule has 0 bridgehead atoms. The summed E-state index contributed by atoms with van der Waals surface area (Å²) in [4.78, 5) is 18.2. The van der Waals surface area contributed by atoms with E-state index in [0.717, 1.165) is 27.7 Å². The molecule has 1 aromatic heterocycles. The summed E-state index contributed by atoms with van der Waals surface area (Å²) in [7, 11) is 0.750. The normalized spacial score (nSPS) is 16.6. The molecule has 1 atom stereocenters. The number of halogens is 1. The maximum Gasteiger partial charge on any atom is 0.409 e. The predicted molar refractivity (Wildman–Crippen MR) is 92.5 cm³/mol. The number of hydrogen-bond acceptors (Lipinski definition) is 5. The van der Waals surface area contributed by atoms with Gasteiger partial charge in [0.2, 0.25) is 0 Å². The van der Waals surface area contributed by atoms with Crippen LogP contribution in [0.5, 0.6) is 0 Å². The zero-order valence-corrected chi connectivity index (χ0v) is 14.1. The molecule has 2 heterocycles. The Morgan fingerprint density at radius 1 is 1.57 bits per heavy atom. The van der Waals surface area contributed by atoms with Crippen molar-refractivity contribution in [3.63, 3.8) is 0 Å². The molecule has 1 aliphatic heterocycles. The van der Waals surface area contributed by atoms with Crippen molar-refractivity contribution in [1.29, 1.82) is 0 Å². The van der Waals surface area contributed by atoms with E-state index in [4.69, 9.17) is 16.3 Å². The van der Waals surface area contributed by atoms with Gasteiger partial charge in [-0.15, -0.1) is 11.6 Å². The molecule has 1 N–H and O–H groups in total. The van der Waals surface area contributed by atoms with Crippen LogP contribution < -0.4 is 4.81 Å². The van der Waals surface area contributed by atoms with Crippen molar-refractivity contribution in [2.24, 2.45) is 0 Å². The highest BCUT2D eigenvalue weighted by atomic mass is 35.5. The van der Waals surface area contributed by atoms with E-state index >= 15 is 0 Å². The van der Waals surface area contributed by atoms with Crippen molar-refractivity contribution >= 4 is 41.2 Å². The number of carbonyl (C=O) groups excluding carboxylic acids is 1. The van der Waals surface area contributed by atoms with Crippen LogP contribution in [0.2, 0.25) is 6.82 Å². The van der Waals surface area contributed by atoms with Crippen LogP contribution >= 0.6 is 11.6 Å². The Morgan fingerprint density at radius 3 is 2.91 bits per heavy atom. The molecule has 0 amide bonds. The SMILES string of the molecule is COC(=O)c1cnc2c(C)cc3c(c2c1)C(CCl)CN3B(C)O. The van der Waals surface area contributed by atoms with Crippen molar-refractivity contribution in [2.75, 3.05) is 24.3 Å². The van der Waals surface area contributed by atoms with Crippen LogP contribution in [0.1, 0.15) is 27.4 Å². The Bertz CT molecular complexity index is 781. The van der Waals surface area contributed by atoms with E-state index in [-0.39, 0.29) is 5.92 Å².